The number of hydrogen-bond acceptors (Lipinski definition) is 4. The summed E-state index contributed by atoms with van der Waals surface area (Å²) in [5, 5.41) is 8.90. The van der Waals surface area contributed by atoms with E-state index in [1.165, 1.54) is 7.11 Å². The molecule has 0 bridgehead atoms. The van der Waals surface area contributed by atoms with Gasteiger partial charge in [-0.25, -0.2) is 4.79 Å². The van der Waals surface area contributed by atoms with Crippen LogP contribution < -0.4 is 0 Å². The van der Waals surface area contributed by atoms with Gasteiger partial charge in [0.25, 0.3) is 0 Å². The molecule has 1 fully saturated rings. The Morgan fingerprint density at radius 1 is 1.44 bits per heavy atom. The van der Waals surface area contributed by atoms with Crippen molar-refractivity contribution in [2.75, 3.05) is 13.7 Å². The summed E-state index contributed by atoms with van der Waals surface area (Å²) in [7, 11) is 1.25. The fraction of sp³-hybridized carbons (Fsp3) is 0.750. The van der Waals surface area contributed by atoms with Gasteiger partial charge in [-0.15, -0.1) is 0 Å². The van der Waals surface area contributed by atoms with Gasteiger partial charge in [0.2, 0.25) is 5.91 Å². The summed E-state index contributed by atoms with van der Waals surface area (Å²) in [5.74, 6) is -2.01. The topological polar surface area (TPSA) is 83.9 Å². The quantitative estimate of drug-likeness (QED) is 0.750. The first-order valence-corrected chi connectivity index (χ1v) is 5.77. The fourth-order valence-electron chi connectivity index (χ4n) is 2.60. The molecule has 0 aromatic rings. The first kappa shape index (κ1) is 14.5. The monoisotopic (exact) mass is 257 g/mol. The Kier molecular flexibility index (Phi) is 3.69. The molecule has 18 heavy (non-hydrogen) atoms. The molecule has 1 N–H and O–H groups in total. The van der Waals surface area contributed by atoms with Gasteiger partial charge in [0, 0.05) is 6.42 Å². The zero-order valence-electron chi connectivity index (χ0n) is 11.1. The molecule has 1 amide bonds. The van der Waals surface area contributed by atoms with Crippen molar-refractivity contribution in [1.82, 2.24) is 4.90 Å². The number of likely N-dealkylation sites (tertiary alicyclic amines) is 1. The van der Waals surface area contributed by atoms with E-state index in [1.807, 2.05) is 0 Å². The van der Waals surface area contributed by atoms with E-state index in [2.05, 4.69) is 0 Å². The van der Waals surface area contributed by atoms with E-state index in [0.29, 0.717) is 0 Å². The van der Waals surface area contributed by atoms with Crippen molar-refractivity contribution in [2.45, 2.75) is 39.2 Å². The highest BCUT2D eigenvalue weighted by atomic mass is 16.5. The van der Waals surface area contributed by atoms with Crippen molar-refractivity contribution in [3.05, 3.63) is 0 Å². The van der Waals surface area contributed by atoms with E-state index in [4.69, 9.17) is 9.84 Å². The number of carboxylic acid groups (broad SMARTS) is 1. The van der Waals surface area contributed by atoms with Crippen molar-refractivity contribution >= 4 is 17.8 Å². The molecule has 6 nitrogen and oxygen atoms in total. The molecular weight excluding hydrogens is 238 g/mol. The molecule has 0 unspecified atom stereocenters. The van der Waals surface area contributed by atoms with E-state index in [9.17, 15) is 14.4 Å². The number of ether oxygens (including phenoxy) is 1. The number of amides is 1. The number of carboxylic acids is 1. The lowest BCUT2D eigenvalue weighted by Gasteiger charge is -2.44. The van der Waals surface area contributed by atoms with Gasteiger partial charge < -0.3 is 14.7 Å². The van der Waals surface area contributed by atoms with Crippen LogP contribution in [0.15, 0.2) is 0 Å². The SMILES string of the molecule is COC(=O)[C@]1(C(C)(C)C)CCC(=O)N1CC(=O)O. The van der Waals surface area contributed by atoms with Crippen LogP contribution in [0.2, 0.25) is 0 Å². The lowest BCUT2D eigenvalue weighted by atomic mass is 9.71. The molecule has 0 aromatic carbocycles. The van der Waals surface area contributed by atoms with Crippen LogP contribution in [0.25, 0.3) is 0 Å². The average molecular weight is 257 g/mol. The molecule has 1 rings (SSSR count). The minimum absolute atomic E-state index is 0.166. The van der Waals surface area contributed by atoms with Gasteiger partial charge in [-0.2, -0.15) is 0 Å². The minimum atomic E-state index is -1.20. The third-order valence-electron chi connectivity index (χ3n) is 3.52. The number of aliphatic carboxylic acids is 1. The van der Waals surface area contributed by atoms with Crippen molar-refractivity contribution in [3.8, 4) is 0 Å². The van der Waals surface area contributed by atoms with Crippen LogP contribution in [-0.4, -0.2) is 47.0 Å². The normalized spacial score (nSPS) is 24.2. The maximum atomic E-state index is 12.1. The van der Waals surface area contributed by atoms with E-state index >= 15 is 0 Å². The zero-order chi connectivity index (χ0) is 14.1. The molecule has 1 aliphatic heterocycles. The van der Waals surface area contributed by atoms with Crippen LogP contribution in [0, 0.1) is 5.41 Å². The number of carbonyl (C=O) groups is 3. The molecule has 0 aromatic heterocycles. The van der Waals surface area contributed by atoms with Gasteiger partial charge in [0.05, 0.1) is 7.11 Å². The van der Waals surface area contributed by atoms with Crippen molar-refractivity contribution in [3.63, 3.8) is 0 Å². The van der Waals surface area contributed by atoms with Crippen molar-refractivity contribution < 1.29 is 24.2 Å². The summed E-state index contributed by atoms with van der Waals surface area (Å²) in [4.78, 5) is 36.0. The average Bonchev–Trinajstić information content (AvgIpc) is 2.55. The molecule has 1 atom stereocenters. The maximum Gasteiger partial charge on any atom is 0.332 e. The molecule has 6 heteroatoms. The van der Waals surface area contributed by atoms with Crippen LogP contribution >= 0.6 is 0 Å². The van der Waals surface area contributed by atoms with Crippen LogP contribution in [0.3, 0.4) is 0 Å². The predicted octanol–water partition coefficient (Wildman–Crippen LogP) is 0.651. The molecule has 0 saturated carbocycles. The molecule has 0 radical (unpaired) electrons. The standard InChI is InChI=1S/C12H19NO5/c1-11(2,3)12(10(17)18-4)6-5-8(14)13(12)7-9(15)16/h5-7H2,1-4H3,(H,15,16)/t12-/m0/s1. The number of methoxy groups -OCH3 is 1. The highest BCUT2D eigenvalue weighted by molar-refractivity contribution is 5.94. The summed E-state index contributed by atoms with van der Waals surface area (Å²) in [6.07, 6.45) is 0.453. The van der Waals surface area contributed by atoms with E-state index < -0.39 is 29.4 Å². The second-order valence-corrected chi connectivity index (χ2v) is 5.48. The van der Waals surface area contributed by atoms with Gasteiger partial charge in [-0.1, -0.05) is 20.8 Å². The van der Waals surface area contributed by atoms with E-state index in [1.54, 1.807) is 20.8 Å². The Labute approximate surface area is 106 Å². The second-order valence-electron chi connectivity index (χ2n) is 5.48. The van der Waals surface area contributed by atoms with Gasteiger partial charge in [0.15, 0.2) is 0 Å². The highest BCUT2D eigenvalue weighted by Crippen LogP contribution is 2.44. The van der Waals surface area contributed by atoms with Crippen molar-refractivity contribution in [2.24, 2.45) is 5.41 Å². The zero-order valence-corrected chi connectivity index (χ0v) is 11.1. The first-order valence-electron chi connectivity index (χ1n) is 5.77. The Hall–Kier alpha value is -1.59. The number of carbonyl (C=O) groups excluding carboxylic acids is 2. The van der Waals surface area contributed by atoms with Crippen molar-refractivity contribution in [1.29, 1.82) is 0 Å². The van der Waals surface area contributed by atoms with Crippen LogP contribution in [0.5, 0.6) is 0 Å². The van der Waals surface area contributed by atoms with Gasteiger partial charge >= 0.3 is 11.9 Å². The van der Waals surface area contributed by atoms with E-state index in [0.717, 1.165) is 4.90 Å². The molecule has 0 spiro atoms. The summed E-state index contributed by atoms with van der Waals surface area (Å²) in [5.41, 5.74) is -1.79. The maximum absolute atomic E-state index is 12.1. The second kappa shape index (κ2) is 4.59. The van der Waals surface area contributed by atoms with Crippen LogP contribution in [-0.2, 0) is 19.1 Å². The minimum Gasteiger partial charge on any atom is -0.480 e. The summed E-state index contributed by atoms with van der Waals surface area (Å²) in [6, 6.07) is 0. The number of hydrogen-bond donors (Lipinski definition) is 1. The van der Waals surface area contributed by atoms with Crippen LogP contribution in [0.1, 0.15) is 33.6 Å². The molecule has 102 valence electrons. The van der Waals surface area contributed by atoms with Gasteiger partial charge in [-0.05, 0) is 11.8 Å². The predicted molar refractivity (Wildman–Crippen MR) is 62.8 cm³/mol. The molecule has 1 aliphatic rings. The summed E-state index contributed by atoms with van der Waals surface area (Å²) in [6.45, 7) is 4.93. The lowest BCUT2D eigenvalue weighted by Crippen LogP contribution is -2.61. The highest BCUT2D eigenvalue weighted by Gasteiger charge is 2.59. The van der Waals surface area contributed by atoms with E-state index in [-0.39, 0.29) is 18.7 Å². The summed E-state index contributed by atoms with van der Waals surface area (Å²) >= 11 is 0. The number of esters is 1. The Balaban J connectivity index is 3.28. The lowest BCUT2D eigenvalue weighted by molar-refractivity contribution is -0.167. The molecule has 1 heterocycles. The third kappa shape index (κ3) is 2.07. The molecular formula is C12H19NO5. The third-order valence-corrected chi connectivity index (χ3v) is 3.52. The Morgan fingerprint density at radius 3 is 2.39 bits per heavy atom. The van der Waals surface area contributed by atoms with Gasteiger partial charge in [0.1, 0.15) is 12.1 Å². The first-order chi connectivity index (χ1) is 8.16. The van der Waals surface area contributed by atoms with Crippen LogP contribution in [0.4, 0.5) is 0 Å². The number of rotatable bonds is 3. The largest absolute Gasteiger partial charge is 0.480 e. The Morgan fingerprint density at radius 2 is 2.00 bits per heavy atom. The fourth-order valence-corrected chi connectivity index (χ4v) is 2.60. The summed E-state index contributed by atoms with van der Waals surface area (Å²) < 4.78 is 4.80. The van der Waals surface area contributed by atoms with Gasteiger partial charge in [-0.3, -0.25) is 9.59 Å². The molecule has 1 saturated heterocycles. The smallest absolute Gasteiger partial charge is 0.332 e. The number of nitrogens with zero attached hydrogens (tertiary/aromatic N) is 1. The molecule has 0 aliphatic carbocycles. The Bertz CT molecular complexity index is 384.